The molecule has 0 spiro atoms. The lowest BCUT2D eigenvalue weighted by Gasteiger charge is -2.39. The third kappa shape index (κ3) is 3.10. The summed E-state index contributed by atoms with van der Waals surface area (Å²) in [6.07, 6.45) is -3.55. The van der Waals surface area contributed by atoms with Crippen LogP contribution < -0.4 is 11.1 Å². The standard InChI is InChI=1S/C9H20N2O4/c1-4(12)3-11-6-2-5(10)7(13)9(15)8(6)14/h4-9,11-15H,2-3,10H2,1H3. The number of rotatable bonds is 3. The summed E-state index contributed by atoms with van der Waals surface area (Å²) in [5.74, 6) is 0. The molecule has 0 heterocycles. The first-order valence-electron chi connectivity index (χ1n) is 5.14. The largest absolute Gasteiger partial charge is 0.392 e. The Balaban J connectivity index is 2.51. The van der Waals surface area contributed by atoms with E-state index in [4.69, 9.17) is 10.8 Å². The van der Waals surface area contributed by atoms with Crippen LogP contribution in [0.2, 0.25) is 0 Å². The molecule has 90 valence electrons. The Labute approximate surface area is 88.7 Å². The fraction of sp³-hybridized carbons (Fsp3) is 1.00. The predicted octanol–water partition coefficient (Wildman–Crippen LogP) is -2.86. The van der Waals surface area contributed by atoms with Crippen molar-refractivity contribution in [2.75, 3.05) is 6.54 Å². The lowest BCUT2D eigenvalue weighted by Crippen LogP contribution is -2.62. The van der Waals surface area contributed by atoms with Crippen molar-refractivity contribution in [3.05, 3.63) is 0 Å². The minimum atomic E-state index is -1.24. The van der Waals surface area contributed by atoms with Crippen LogP contribution in [0.3, 0.4) is 0 Å². The molecule has 1 saturated carbocycles. The van der Waals surface area contributed by atoms with Crippen LogP contribution in [0.15, 0.2) is 0 Å². The highest BCUT2D eigenvalue weighted by molar-refractivity contribution is 4.97. The van der Waals surface area contributed by atoms with Crippen molar-refractivity contribution in [1.29, 1.82) is 0 Å². The van der Waals surface area contributed by atoms with Crippen LogP contribution in [0, 0.1) is 0 Å². The highest BCUT2D eigenvalue weighted by Gasteiger charge is 2.40. The summed E-state index contributed by atoms with van der Waals surface area (Å²) in [6, 6.07) is -0.956. The molecule has 0 saturated heterocycles. The van der Waals surface area contributed by atoms with E-state index in [1.165, 1.54) is 0 Å². The quantitative estimate of drug-likeness (QED) is 0.304. The number of nitrogens with two attached hydrogens (primary N) is 1. The molecule has 7 N–H and O–H groups in total. The molecule has 0 aromatic carbocycles. The molecule has 15 heavy (non-hydrogen) atoms. The zero-order valence-electron chi connectivity index (χ0n) is 8.74. The van der Waals surface area contributed by atoms with Gasteiger partial charge in [-0.25, -0.2) is 0 Å². The van der Waals surface area contributed by atoms with Gasteiger partial charge in [0.25, 0.3) is 0 Å². The van der Waals surface area contributed by atoms with Gasteiger partial charge in [0, 0.05) is 18.6 Å². The fourth-order valence-corrected chi connectivity index (χ4v) is 1.79. The van der Waals surface area contributed by atoms with Gasteiger partial charge < -0.3 is 31.5 Å². The molecule has 0 aromatic rings. The monoisotopic (exact) mass is 220 g/mol. The molecule has 0 bridgehead atoms. The molecule has 1 aliphatic carbocycles. The van der Waals surface area contributed by atoms with Gasteiger partial charge in [0.2, 0.25) is 0 Å². The fourth-order valence-electron chi connectivity index (χ4n) is 1.79. The number of hydrogen-bond donors (Lipinski definition) is 6. The summed E-state index contributed by atoms with van der Waals surface area (Å²) in [5.41, 5.74) is 5.60. The van der Waals surface area contributed by atoms with Gasteiger partial charge in [-0.15, -0.1) is 0 Å². The van der Waals surface area contributed by atoms with Crippen LogP contribution in [-0.4, -0.2) is 63.5 Å². The minimum Gasteiger partial charge on any atom is -0.392 e. The highest BCUT2D eigenvalue weighted by atomic mass is 16.4. The van der Waals surface area contributed by atoms with Crippen molar-refractivity contribution in [2.45, 2.75) is 49.8 Å². The zero-order chi connectivity index (χ0) is 11.6. The normalized spacial score (nSPS) is 44.0. The molecule has 6 heteroatoms. The Morgan fingerprint density at radius 1 is 1.27 bits per heavy atom. The summed E-state index contributed by atoms with van der Waals surface area (Å²) in [4.78, 5) is 0. The van der Waals surface area contributed by atoms with Crippen LogP contribution in [0.1, 0.15) is 13.3 Å². The molecule has 1 aliphatic rings. The van der Waals surface area contributed by atoms with Gasteiger partial charge in [-0.1, -0.05) is 0 Å². The summed E-state index contributed by atoms with van der Waals surface area (Å²) >= 11 is 0. The van der Waals surface area contributed by atoms with Gasteiger partial charge in [0.1, 0.15) is 6.10 Å². The molecule has 0 radical (unpaired) electrons. The van der Waals surface area contributed by atoms with Gasteiger partial charge in [-0.2, -0.15) is 0 Å². The van der Waals surface area contributed by atoms with E-state index in [2.05, 4.69) is 5.32 Å². The Morgan fingerprint density at radius 3 is 2.40 bits per heavy atom. The second kappa shape index (κ2) is 5.20. The molecular formula is C9H20N2O4. The number of aliphatic hydroxyl groups excluding tert-OH is 4. The molecule has 0 aromatic heterocycles. The van der Waals surface area contributed by atoms with Crippen LogP contribution in [-0.2, 0) is 0 Å². The van der Waals surface area contributed by atoms with Gasteiger partial charge in [0.05, 0.1) is 18.3 Å². The molecule has 6 atom stereocenters. The Kier molecular flexibility index (Phi) is 4.45. The maximum Gasteiger partial charge on any atom is 0.109 e. The van der Waals surface area contributed by atoms with Gasteiger partial charge in [-0.05, 0) is 13.3 Å². The topological polar surface area (TPSA) is 119 Å². The van der Waals surface area contributed by atoms with Gasteiger partial charge in [0.15, 0.2) is 0 Å². The molecule has 0 aliphatic heterocycles. The summed E-state index contributed by atoms with van der Waals surface area (Å²) in [7, 11) is 0. The number of nitrogens with one attached hydrogen (secondary N) is 1. The molecule has 0 amide bonds. The second-order valence-corrected chi connectivity index (χ2v) is 4.24. The first kappa shape index (κ1) is 12.8. The van der Waals surface area contributed by atoms with E-state index < -0.39 is 36.5 Å². The second-order valence-electron chi connectivity index (χ2n) is 4.24. The van der Waals surface area contributed by atoms with Crippen molar-refractivity contribution in [3.8, 4) is 0 Å². The first-order valence-corrected chi connectivity index (χ1v) is 5.14. The summed E-state index contributed by atoms with van der Waals surface area (Å²) < 4.78 is 0. The van der Waals surface area contributed by atoms with Crippen molar-refractivity contribution >= 4 is 0 Å². The van der Waals surface area contributed by atoms with E-state index in [1.807, 2.05) is 0 Å². The molecule has 1 rings (SSSR count). The van der Waals surface area contributed by atoms with Crippen molar-refractivity contribution in [2.24, 2.45) is 5.73 Å². The average molecular weight is 220 g/mol. The summed E-state index contributed by atoms with van der Waals surface area (Å²) in [6.45, 7) is 1.94. The maximum absolute atomic E-state index is 9.63. The van der Waals surface area contributed by atoms with E-state index in [0.29, 0.717) is 13.0 Å². The van der Waals surface area contributed by atoms with Crippen LogP contribution in [0.5, 0.6) is 0 Å². The number of aliphatic hydroxyl groups is 4. The average Bonchev–Trinajstić information content (AvgIpc) is 2.18. The molecule has 6 nitrogen and oxygen atoms in total. The van der Waals surface area contributed by atoms with Crippen molar-refractivity contribution in [3.63, 3.8) is 0 Å². The van der Waals surface area contributed by atoms with E-state index in [1.54, 1.807) is 6.92 Å². The maximum atomic E-state index is 9.63. The zero-order valence-corrected chi connectivity index (χ0v) is 8.74. The lowest BCUT2D eigenvalue weighted by molar-refractivity contribution is -0.107. The molecular weight excluding hydrogens is 200 g/mol. The molecule has 6 unspecified atom stereocenters. The van der Waals surface area contributed by atoms with E-state index in [9.17, 15) is 15.3 Å². The van der Waals surface area contributed by atoms with Crippen molar-refractivity contribution in [1.82, 2.24) is 5.32 Å². The van der Waals surface area contributed by atoms with E-state index in [-0.39, 0.29) is 0 Å². The third-order valence-electron chi connectivity index (χ3n) is 2.75. The third-order valence-corrected chi connectivity index (χ3v) is 2.75. The Bertz CT molecular complexity index is 203. The highest BCUT2D eigenvalue weighted by Crippen LogP contribution is 2.19. The van der Waals surface area contributed by atoms with Crippen LogP contribution in [0.25, 0.3) is 0 Å². The molecule has 1 fully saturated rings. The van der Waals surface area contributed by atoms with Gasteiger partial charge >= 0.3 is 0 Å². The van der Waals surface area contributed by atoms with Crippen LogP contribution >= 0.6 is 0 Å². The van der Waals surface area contributed by atoms with Crippen LogP contribution in [0.4, 0.5) is 0 Å². The smallest absolute Gasteiger partial charge is 0.109 e. The Hall–Kier alpha value is -0.240. The first-order chi connectivity index (χ1) is 6.93. The van der Waals surface area contributed by atoms with E-state index in [0.717, 1.165) is 0 Å². The predicted molar refractivity (Wildman–Crippen MR) is 54.1 cm³/mol. The minimum absolute atomic E-state index is 0.317. The SMILES string of the molecule is CC(O)CNC1CC(N)C(O)C(O)C1O. The summed E-state index contributed by atoms with van der Waals surface area (Å²) in [5, 5.41) is 40.5. The van der Waals surface area contributed by atoms with Gasteiger partial charge in [-0.3, -0.25) is 0 Å². The Morgan fingerprint density at radius 2 is 1.87 bits per heavy atom. The number of hydrogen-bond acceptors (Lipinski definition) is 6. The lowest BCUT2D eigenvalue weighted by atomic mass is 9.84. The van der Waals surface area contributed by atoms with E-state index >= 15 is 0 Å². The van der Waals surface area contributed by atoms with Crippen molar-refractivity contribution < 1.29 is 20.4 Å².